The molecule has 2 aromatic rings. The summed E-state index contributed by atoms with van der Waals surface area (Å²) in [5, 5.41) is 1.08. The van der Waals surface area contributed by atoms with Crippen molar-refractivity contribution in [2.24, 2.45) is 0 Å². The van der Waals surface area contributed by atoms with E-state index < -0.39 is 0 Å². The van der Waals surface area contributed by atoms with Gasteiger partial charge in [0.1, 0.15) is 0 Å². The SMILES string of the molecule is CN1CCCCC1CNn1c(=O)ccc2ccccc21. The number of rotatable bonds is 3. The molecule has 1 saturated heterocycles. The van der Waals surface area contributed by atoms with Crippen LogP contribution in [0.1, 0.15) is 19.3 Å². The van der Waals surface area contributed by atoms with Crippen molar-refractivity contribution in [2.75, 3.05) is 25.6 Å². The third kappa shape index (κ3) is 2.56. The average molecular weight is 271 g/mol. The number of benzene rings is 1. The van der Waals surface area contributed by atoms with Crippen molar-refractivity contribution in [2.45, 2.75) is 25.3 Å². The van der Waals surface area contributed by atoms with Crippen molar-refractivity contribution < 1.29 is 0 Å². The molecule has 4 heteroatoms. The maximum atomic E-state index is 12.1. The summed E-state index contributed by atoms with van der Waals surface area (Å²) in [6, 6.07) is 12.0. The standard InChI is InChI=1S/C16H21N3O/c1-18-11-5-4-7-14(18)12-17-19-15-8-3-2-6-13(15)9-10-16(19)20/h2-3,6,8-10,14,17H,4-5,7,11-12H2,1H3. The smallest absolute Gasteiger partial charge is 0.269 e. The lowest BCUT2D eigenvalue weighted by Gasteiger charge is -2.33. The molecule has 1 aromatic carbocycles. The Balaban J connectivity index is 1.83. The normalized spacial score (nSPS) is 20.1. The first kappa shape index (κ1) is 13.2. The third-order valence-electron chi connectivity index (χ3n) is 4.21. The molecule has 4 nitrogen and oxygen atoms in total. The molecule has 20 heavy (non-hydrogen) atoms. The summed E-state index contributed by atoms with van der Waals surface area (Å²) in [5.74, 6) is 0. The van der Waals surface area contributed by atoms with Gasteiger partial charge in [0.05, 0.1) is 5.52 Å². The van der Waals surface area contributed by atoms with Crippen LogP contribution in [0, 0.1) is 0 Å². The molecule has 1 aromatic heterocycles. The van der Waals surface area contributed by atoms with Crippen LogP contribution in [-0.2, 0) is 0 Å². The zero-order valence-electron chi connectivity index (χ0n) is 11.9. The number of hydrogen-bond donors (Lipinski definition) is 1. The molecule has 1 atom stereocenters. The van der Waals surface area contributed by atoms with Crippen molar-refractivity contribution in [1.29, 1.82) is 0 Å². The summed E-state index contributed by atoms with van der Waals surface area (Å²) >= 11 is 0. The predicted molar refractivity (Wildman–Crippen MR) is 82.7 cm³/mol. The second-order valence-electron chi connectivity index (χ2n) is 5.56. The zero-order valence-corrected chi connectivity index (χ0v) is 11.9. The van der Waals surface area contributed by atoms with Crippen LogP contribution in [0.2, 0.25) is 0 Å². The Morgan fingerprint density at radius 1 is 1.20 bits per heavy atom. The number of likely N-dealkylation sites (tertiary alicyclic amines) is 1. The lowest BCUT2D eigenvalue weighted by atomic mass is 10.0. The maximum Gasteiger partial charge on any atom is 0.269 e. The second kappa shape index (κ2) is 5.67. The summed E-state index contributed by atoms with van der Waals surface area (Å²) in [4.78, 5) is 14.5. The highest BCUT2D eigenvalue weighted by molar-refractivity contribution is 5.78. The first-order valence-corrected chi connectivity index (χ1v) is 7.30. The minimum absolute atomic E-state index is 0.00200. The van der Waals surface area contributed by atoms with Crippen molar-refractivity contribution in [3.63, 3.8) is 0 Å². The van der Waals surface area contributed by atoms with E-state index in [0.29, 0.717) is 6.04 Å². The quantitative estimate of drug-likeness (QED) is 0.928. The van der Waals surface area contributed by atoms with E-state index in [4.69, 9.17) is 0 Å². The highest BCUT2D eigenvalue weighted by Gasteiger charge is 2.18. The molecule has 2 heterocycles. The number of fused-ring (bicyclic) bond motifs is 1. The fourth-order valence-electron chi connectivity index (χ4n) is 2.95. The summed E-state index contributed by atoms with van der Waals surface area (Å²) < 4.78 is 1.68. The molecule has 0 amide bonds. The van der Waals surface area contributed by atoms with Gasteiger partial charge in [0.15, 0.2) is 0 Å². The van der Waals surface area contributed by atoms with Crippen molar-refractivity contribution >= 4 is 10.9 Å². The number of aromatic nitrogens is 1. The van der Waals surface area contributed by atoms with Gasteiger partial charge >= 0.3 is 0 Å². The van der Waals surface area contributed by atoms with Crippen LogP contribution >= 0.6 is 0 Å². The summed E-state index contributed by atoms with van der Waals surface area (Å²) in [6.45, 7) is 1.96. The number of pyridine rings is 1. The van der Waals surface area contributed by atoms with Gasteiger partial charge in [-0.25, -0.2) is 4.68 Å². The number of nitrogens with one attached hydrogen (secondary N) is 1. The molecule has 0 spiro atoms. The molecular weight excluding hydrogens is 250 g/mol. The largest absolute Gasteiger partial charge is 0.321 e. The zero-order chi connectivity index (χ0) is 13.9. The van der Waals surface area contributed by atoms with Crippen LogP contribution in [-0.4, -0.2) is 35.8 Å². The van der Waals surface area contributed by atoms with Crippen molar-refractivity contribution in [1.82, 2.24) is 9.58 Å². The van der Waals surface area contributed by atoms with Crippen LogP contribution in [0.25, 0.3) is 10.9 Å². The Hall–Kier alpha value is -1.81. The number of likely N-dealkylation sites (N-methyl/N-ethyl adjacent to an activating group) is 1. The molecule has 1 unspecified atom stereocenters. The van der Waals surface area contributed by atoms with E-state index in [2.05, 4.69) is 17.4 Å². The summed E-state index contributed by atoms with van der Waals surface area (Å²) in [5.41, 5.74) is 4.26. The van der Waals surface area contributed by atoms with Crippen LogP contribution in [0.15, 0.2) is 41.2 Å². The average Bonchev–Trinajstić information content (AvgIpc) is 2.48. The Morgan fingerprint density at radius 2 is 2.05 bits per heavy atom. The molecule has 1 aliphatic rings. The highest BCUT2D eigenvalue weighted by atomic mass is 16.1. The molecule has 3 rings (SSSR count). The topological polar surface area (TPSA) is 37.3 Å². The summed E-state index contributed by atoms with van der Waals surface area (Å²) in [6.07, 6.45) is 3.76. The predicted octanol–water partition coefficient (Wildman–Crippen LogP) is 2.03. The number of piperidine rings is 1. The van der Waals surface area contributed by atoms with Gasteiger partial charge in [-0.3, -0.25) is 4.79 Å². The van der Waals surface area contributed by atoms with E-state index >= 15 is 0 Å². The van der Waals surface area contributed by atoms with Gasteiger partial charge in [-0.05, 0) is 38.6 Å². The van der Waals surface area contributed by atoms with E-state index in [0.717, 1.165) is 24.0 Å². The fraction of sp³-hybridized carbons (Fsp3) is 0.438. The van der Waals surface area contributed by atoms with E-state index in [1.54, 1.807) is 10.7 Å². The Kier molecular flexibility index (Phi) is 3.74. The van der Waals surface area contributed by atoms with Crippen LogP contribution in [0.3, 0.4) is 0 Å². The molecule has 0 bridgehead atoms. The van der Waals surface area contributed by atoms with E-state index in [9.17, 15) is 4.79 Å². The number of hydrogen-bond acceptors (Lipinski definition) is 3. The molecule has 1 N–H and O–H groups in total. The van der Waals surface area contributed by atoms with Crippen molar-refractivity contribution in [3.8, 4) is 0 Å². The van der Waals surface area contributed by atoms with Gasteiger partial charge < -0.3 is 10.3 Å². The number of para-hydroxylation sites is 1. The molecule has 1 fully saturated rings. The minimum Gasteiger partial charge on any atom is -0.321 e. The summed E-state index contributed by atoms with van der Waals surface area (Å²) in [7, 11) is 2.16. The molecule has 0 radical (unpaired) electrons. The van der Waals surface area contributed by atoms with Crippen LogP contribution in [0.4, 0.5) is 0 Å². The minimum atomic E-state index is 0.00200. The molecule has 106 valence electrons. The first-order valence-electron chi connectivity index (χ1n) is 7.30. The molecular formula is C16H21N3O. The fourth-order valence-corrected chi connectivity index (χ4v) is 2.95. The molecule has 0 saturated carbocycles. The van der Waals surface area contributed by atoms with Gasteiger partial charge in [0, 0.05) is 24.0 Å². The van der Waals surface area contributed by atoms with Crippen LogP contribution in [0.5, 0.6) is 0 Å². The van der Waals surface area contributed by atoms with E-state index in [1.165, 1.54) is 19.3 Å². The van der Waals surface area contributed by atoms with Gasteiger partial charge in [0.2, 0.25) is 0 Å². The van der Waals surface area contributed by atoms with Gasteiger partial charge in [-0.1, -0.05) is 24.6 Å². The maximum absolute atomic E-state index is 12.1. The Bertz CT molecular complexity index is 649. The van der Waals surface area contributed by atoms with E-state index in [1.807, 2.05) is 30.3 Å². The van der Waals surface area contributed by atoms with Crippen molar-refractivity contribution in [3.05, 3.63) is 46.8 Å². The first-order chi connectivity index (χ1) is 9.75. The second-order valence-corrected chi connectivity index (χ2v) is 5.56. The Morgan fingerprint density at radius 3 is 2.90 bits per heavy atom. The van der Waals surface area contributed by atoms with Gasteiger partial charge in [-0.15, -0.1) is 0 Å². The third-order valence-corrected chi connectivity index (χ3v) is 4.21. The highest BCUT2D eigenvalue weighted by Crippen LogP contribution is 2.15. The molecule has 1 aliphatic heterocycles. The lowest BCUT2D eigenvalue weighted by Crippen LogP contribution is -2.44. The monoisotopic (exact) mass is 271 g/mol. The van der Waals surface area contributed by atoms with E-state index in [-0.39, 0.29) is 5.56 Å². The van der Waals surface area contributed by atoms with Gasteiger partial charge in [0.25, 0.3) is 5.56 Å². The van der Waals surface area contributed by atoms with Crippen LogP contribution < -0.4 is 11.0 Å². The van der Waals surface area contributed by atoms with Gasteiger partial charge in [-0.2, -0.15) is 0 Å². The lowest BCUT2D eigenvalue weighted by molar-refractivity contribution is 0.192. The Labute approximate surface area is 119 Å². The number of nitrogens with zero attached hydrogens (tertiary/aromatic N) is 2. The molecule has 0 aliphatic carbocycles.